The smallest absolute Gasteiger partial charge is 0.269 e. The van der Waals surface area contributed by atoms with Crippen LogP contribution in [0.15, 0.2) is 36.4 Å². The summed E-state index contributed by atoms with van der Waals surface area (Å²) in [6, 6.07) is 11.1. The molecular weight excluding hydrogens is 266 g/mol. The topological polar surface area (TPSA) is 67.2 Å². The van der Waals surface area contributed by atoms with Crippen molar-refractivity contribution in [2.24, 2.45) is 7.05 Å². The van der Waals surface area contributed by atoms with Crippen LogP contribution in [0.2, 0.25) is 0 Å². The van der Waals surface area contributed by atoms with Crippen molar-refractivity contribution in [2.45, 2.75) is 32.4 Å². The van der Waals surface area contributed by atoms with Crippen LogP contribution < -0.4 is 5.32 Å². The van der Waals surface area contributed by atoms with E-state index in [-0.39, 0.29) is 11.9 Å². The highest BCUT2D eigenvalue weighted by molar-refractivity contribution is 5.92. The minimum Gasteiger partial charge on any atom is -0.388 e. The van der Waals surface area contributed by atoms with Gasteiger partial charge in [0.15, 0.2) is 0 Å². The summed E-state index contributed by atoms with van der Waals surface area (Å²) in [4.78, 5) is 12.2. The lowest BCUT2D eigenvalue weighted by Crippen LogP contribution is -2.34. The Labute approximate surface area is 124 Å². The first-order valence-electron chi connectivity index (χ1n) is 7.02. The lowest BCUT2D eigenvalue weighted by atomic mass is 10.0. The van der Waals surface area contributed by atoms with Gasteiger partial charge in [0, 0.05) is 13.1 Å². The number of nitrogens with one attached hydrogen (secondary N) is 1. The Kier molecular flexibility index (Phi) is 4.75. The molecule has 0 bridgehead atoms. The van der Waals surface area contributed by atoms with Crippen LogP contribution in [0.4, 0.5) is 0 Å². The van der Waals surface area contributed by atoms with E-state index in [2.05, 4.69) is 10.4 Å². The van der Waals surface area contributed by atoms with Gasteiger partial charge in [-0.1, -0.05) is 30.3 Å². The highest BCUT2D eigenvalue weighted by Crippen LogP contribution is 2.17. The Hall–Kier alpha value is -2.14. The third kappa shape index (κ3) is 3.92. The first-order valence-corrected chi connectivity index (χ1v) is 7.02. The van der Waals surface area contributed by atoms with Crippen LogP contribution in [0.5, 0.6) is 0 Å². The lowest BCUT2D eigenvalue weighted by Gasteiger charge is -2.18. The summed E-state index contributed by atoms with van der Waals surface area (Å²) in [5, 5.41) is 17.2. The number of carbonyl (C=O) groups excluding carboxylic acids is 1. The van der Waals surface area contributed by atoms with Crippen molar-refractivity contribution in [3.63, 3.8) is 0 Å². The van der Waals surface area contributed by atoms with Crippen LogP contribution in [0.3, 0.4) is 0 Å². The molecule has 21 heavy (non-hydrogen) atoms. The second kappa shape index (κ2) is 6.54. The van der Waals surface area contributed by atoms with Crippen LogP contribution in [0.1, 0.15) is 41.2 Å². The number of hydrogen-bond donors (Lipinski definition) is 2. The van der Waals surface area contributed by atoms with Crippen molar-refractivity contribution in [3.8, 4) is 0 Å². The summed E-state index contributed by atoms with van der Waals surface area (Å²) >= 11 is 0. The summed E-state index contributed by atoms with van der Waals surface area (Å²) in [6.07, 6.45) is -0.123. The minimum atomic E-state index is -0.588. The molecule has 0 fully saturated rings. The Morgan fingerprint density at radius 3 is 2.62 bits per heavy atom. The number of aliphatic hydroxyl groups excluding tert-OH is 1. The molecule has 0 saturated carbocycles. The van der Waals surface area contributed by atoms with Crippen molar-refractivity contribution < 1.29 is 9.90 Å². The summed E-state index contributed by atoms with van der Waals surface area (Å²) in [6.45, 7) is 3.73. The van der Waals surface area contributed by atoms with Crippen LogP contribution >= 0.6 is 0 Å². The molecule has 5 heteroatoms. The fourth-order valence-corrected chi connectivity index (χ4v) is 2.33. The summed E-state index contributed by atoms with van der Waals surface area (Å²) in [7, 11) is 1.74. The summed E-state index contributed by atoms with van der Waals surface area (Å²) < 4.78 is 1.56. The molecule has 2 aromatic rings. The maximum atomic E-state index is 12.2. The number of amides is 1. The van der Waals surface area contributed by atoms with Gasteiger partial charge in [-0.05, 0) is 31.9 Å². The van der Waals surface area contributed by atoms with Crippen LogP contribution in [0, 0.1) is 6.92 Å². The second-order valence-electron chi connectivity index (χ2n) is 5.33. The van der Waals surface area contributed by atoms with E-state index < -0.39 is 6.10 Å². The van der Waals surface area contributed by atoms with Gasteiger partial charge >= 0.3 is 0 Å². The van der Waals surface area contributed by atoms with E-state index in [9.17, 15) is 9.90 Å². The molecule has 0 saturated heterocycles. The fourth-order valence-electron chi connectivity index (χ4n) is 2.33. The second-order valence-corrected chi connectivity index (χ2v) is 5.33. The van der Waals surface area contributed by atoms with Gasteiger partial charge in [0.2, 0.25) is 0 Å². The van der Waals surface area contributed by atoms with Crippen molar-refractivity contribution in [1.29, 1.82) is 0 Å². The maximum Gasteiger partial charge on any atom is 0.269 e. The number of aromatic nitrogens is 2. The number of nitrogens with zero attached hydrogens (tertiary/aromatic N) is 2. The largest absolute Gasteiger partial charge is 0.388 e. The van der Waals surface area contributed by atoms with Gasteiger partial charge in [0.25, 0.3) is 5.91 Å². The van der Waals surface area contributed by atoms with E-state index in [1.165, 1.54) is 0 Å². The highest BCUT2D eigenvalue weighted by Gasteiger charge is 2.17. The normalized spacial score (nSPS) is 13.7. The van der Waals surface area contributed by atoms with Crippen LogP contribution in [-0.4, -0.2) is 26.8 Å². The maximum absolute atomic E-state index is 12.2. The third-order valence-corrected chi connectivity index (χ3v) is 3.37. The molecule has 0 aliphatic carbocycles. The SMILES string of the molecule is Cc1cc(C(=O)N[C@@H](C)C[C@@H](O)c2ccccc2)n(C)n1. The molecule has 2 rings (SSSR count). The number of rotatable bonds is 5. The van der Waals surface area contributed by atoms with Crippen molar-refractivity contribution >= 4 is 5.91 Å². The molecule has 1 heterocycles. The molecular formula is C16H21N3O2. The Morgan fingerprint density at radius 2 is 2.05 bits per heavy atom. The van der Waals surface area contributed by atoms with E-state index >= 15 is 0 Å². The van der Waals surface area contributed by atoms with E-state index in [1.807, 2.05) is 44.2 Å². The third-order valence-electron chi connectivity index (χ3n) is 3.37. The number of aliphatic hydroxyl groups is 1. The molecule has 112 valence electrons. The van der Waals surface area contributed by atoms with Gasteiger partial charge in [-0.3, -0.25) is 9.48 Å². The van der Waals surface area contributed by atoms with E-state index in [1.54, 1.807) is 17.8 Å². The lowest BCUT2D eigenvalue weighted by molar-refractivity contribution is 0.0907. The molecule has 2 atom stereocenters. The molecule has 0 aliphatic heterocycles. The van der Waals surface area contributed by atoms with Crippen LogP contribution in [0.25, 0.3) is 0 Å². The van der Waals surface area contributed by atoms with Gasteiger partial charge in [-0.15, -0.1) is 0 Å². The zero-order valence-electron chi connectivity index (χ0n) is 12.6. The first kappa shape index (κ1) is 15.3. The van der Waals surface area contributed by atoms with Crippen molar-refractivity contribution in [2.75, 3.05) is 0 Å². The van der Waals surface area contributed by atoms with Crippen molar-refractivity contribution in [3.05, 3.63) is 53.3 Å². The average molecular weight is 287 g/mol. The molecule has 0 aliphatic rings. The zero-order valence-corrected chi connectivity index (χ0v) is 12.6. The molecule has 5 nitrogen and oxygen atoms in total. The van der Waals surface area contributed by atoms with Gasteiger partial charge in [-0.2, -0.15) is 5.10 Å². The highest BCUT2D eigenvalue weighted by atomic mass is 16.3. The Balaban J connectivity index is 1.94. The summed E-state index contributed by atoms with van der Waals surface area (Å²) in [5.41, 5.74) is 2.18. The van der Waals surface area contributed by atoms with Gasteiger partial charge in [-0.25, -0.2) is 0 Å². The monoisotopic (exact) mass is 287 g/mol. The standard InChI is InChI=1S/C16H21N3O2/c1-11(10-15(20)13-7-5-4-6-8-13)17-16(21)14-9-12(2)18-19(14)3/h4-9,11,15,20H,10H2,1-3H3,(H,17,21)/t11-,15+/m0/s1. The molecule has 1 aromatic heterocycles. The quantitative estimate of drug-likeness (QED) is 0.883. The molecule has 0 radical (unpaired) electrons. The number of aryl methyl sites for hydroxylation is 2. The van der Waals surface area contributed by atoms with E-state index in [4.69, 9.17) is 0 Å². The first-order chi connectivity index (χ1) is 9.97. The minimum absolute atomic E-state index is 0.136. The predicted molar refractivity (Wildman–Crippen MR) is 80.9 cm³/mol. The van der Waals surface area contributed by atoms with Crippen molar-refractivity contribution in [1.82, 2.24) is 15.1 Å². The molecule has 1 aromatic carbocycles. The molecule has 0 unspecified atom stereocenters. The molecule has 0 spiro atoms. The summed E-state index contributed by atoms with van der Waals surface area (Å²) in [5.74, 6) is -0.175. The predicted octanol–water partition coefficient (Wildman–Crippen LogP) is 1.97. The van der Waals surface area contributed by atoms with E-state index in [0.29, 0.717) is 12.1 Å². The van der Waals surface area contributed by atoms with Gasteiger partial charge in [0.1, 0.15) is 5.69 Å². The van der Waals surface area contributed by atoms with Gasteiger partial charge < -0.3 is 10.4 Å². The van der Waals surface area contributed by atoms with Crippen LogP contribution in [-0.2, 0) is 7.05 Å². The number of benzene rings is 1. The number of carbonyl (C=O) groups is 1. The Morgan fingerprint density at radius 1 is 1.38 bits per heavy atom. The van der Waals surface area contributed by atoms with E-state index in [0.717, 1.165) is 11.3 Å². The molecule has 1 amide bonds. The fraction of sp³-hybridized carbons (Fsp3) is 0.375. The molecule has 2 N–H and O–H groups in total. The number of hydrogen-bond acceptors (Lipinski definition) is 3. The Bertz CT molecular complexity index is 607. The van der Waals surface area contributed by atoms with Gasteiger partial charge in [0.05, 0.1) is 11.8 Å². The zero-order chi connectivity index (χ0) is 15.4. The average Bonchev–Trinajstić information content (AvgIpc) is 2.78.